The number of esters is 2. The van der Waals surface area contributed by atoms with Crippen molar-refractivity contribution in [1.82, 2.24) is 0 Å². The highest BCUT2D eigenvalue weighted by atomic mass is 16.6. The maximum absolute atomic E-state index is 12.1. The van der Waals surface area contributed by atoms with E-state index in [0.29, 0.717) is 0 Å². The molecule has 0 aromatic heterocycles. The third-order valence-corrected chi connectivity index (χ3v) is 3.00. The quantitative estimate of drug-likeness (QED) is 0.441. The van der Waals surface area contributed by atoms with Gasteiger partial charge in [0.05, 0.1) is 23.7 Å². The molecule has 0 amide bonds. The number of aliphatic hydroxyl groups is 1. The molecule has 1 aromatic carbocycles. The van der Waals surface area contributed by atoms with E-state index in [2.05, 4.69) is 10.1 Å². The zero-order valence-corrected chi connectivity index (χ0v) is 11.5. The van der Waals surface area contributed by atoms with Crippen LogP contribution in [0.15, 0.2) is 18.2 Å². The molecule has 2 rings (SSSR count). The van der Waals surface area contributed by atoms with Crippen molar-refractivity contribution in [3.63, 3.8) is 0 Å². The van der Waals surface area contributed by atoms with E-state index in [1.165, 1.54) is 12.1 Å². The van der Waals surface area contributed by atoms with Crippen LogP contribution in [0.1, 0.15) is 16.8 Å². The molecule has 0 spiro atoms. The Morgan fingerprint density at radius 3 is 2.91 bits per heavy atom. The SMILES string of the molecule is O=C(O[C@H]1CCOC1=O)c1cc([N+](=O)[O-])ccc1NCCO. The van der Waals surface area contributed by atoms with Gasteiger partial charge in [0.15, 0.2) is 0 Å². The molecule has 9 heteroatoms. The van der Waals surface area contributed by atoms with Crippen LogP contribution in [0.2, 0.25) is 0 Å². The second-order valence-corrected chi connectivity index (χ2v) is 4.49. The van der Waals surface area contributed by atoms with Crippen LogP contribution < -0.4 is 5.32 Å². The molecule has 1 saturated heterocycles. The lowest BCUT2D eigenvalue weighted by Crippen LogP contribution is -2.23. The van der Waals surface area contributed by atoms with Gasteiger partial charge in [-0.3, -0.25) is 10.1 Å². The van der Waals surface area contributed by atoms with E-state index in [0.717, 1.165) is 6.07 Å². The Hall–Kier alpha value is -2.68. The number of nitro benzene ring substituents is 1. The Bertz CT molecular complexity index is 602. The van der Waals surface area contributed by atoms with Crippen molar-refractivity contribution in [3.8, 4) is 0 Å². The van der Waals surface area contributed by atoms with Gasteiger partial charge >= 0.3 is 11.9 Å². The van der Waals surface area contributed by atoms with E-state index in [1.54, 1.807) is 0 Å². The lowest BCUT2D eigenvalue weighted by molar-refractivity contribution is -0.384. The van der Waals surface area contributed by atoms with E-state index in [-0.39, 0.29) is 43.1 Å². The number of nitro groups is 1. The van der Waals surface area contributed by atoms with Crippen LogP contribution in [0, 0.1) is 10.1 Å². The smallest absolute Gasteiger partial charge is 0.347 e. The van der Waals surface area contributed by atoms with E-state index in [1.807, 2.05) is 0 Å². The first kappa shape index (κ1) is 15.7. The number of benzene rings is 1. The summed E-state index contributed by atoms with van der Waals surface area (Å²) in [5.41, 5.74) is -0.0890. The lowest BCUT2D eigenvalue weighted by Gasteiger charge is -2.12. The number of ether oxygens (including phenoxy) is 2. The van der Waals surface area contributed by atoms with Gasteiger partial charge in [-0.1, -0.05) is 0 Å². The lowest BCUT2D eigenvalue weighted by atomic mass is 10.1. The fourth-order valence-electron chi connectivity index (χ4n) is 1.94. The molecule has 9 nitrogen and oxygen atoms in total. The van der Waals surface area contributed by atoms with Gasteiger partial charge in [0.1, 0.15) is 0 Å². The first-order valence-electron chi connectivity index (χ1n) is 6.53. The number of hydrogen-bond acceptors (Lipinski definition) is 8. The van der Waals surface area contributed by atoms with Crippen molar-refractivity contribution in [2.45, 2.75) is 12.5 Å². The van der Waals surface area contributed by atoms with Gasteiger partial charge in [0.2, 0.25) is 6.10 Å². The molecule has 1 heterocycles. The van der Waals surface area contributed by atoms with Gasteiger partial charge in [0, 0.05) is 30.8 Å². The van der Waals surface area contributed by atoms with E-state index >= 15 is 0 Å². The fraction of sp³-hybridized carbons (Fsp3) is 0.385. The minimum Gasteiger partial charge on any atom is -0.463 e. The molecule has 1 fully saturated rings. The maximum Gasteiger partial charge on any atom is 0.347 e. The van der Waals surface area contributed by atoms with E-state index < -0.39 is 23.0 Å². The summed E-state index contributed by atoms with van der Waals surface area (Å²) in [6, 6.07) is 3.63. The van der Waals surface area contributed by atoms with Gasteiger partial charge < -0.3 is 19.9 Å². The van der Waals surface area contributed by atoms with Crippen molar-refractivity contribution < 1.29 is 29.1 Å². The summed E-state index contributed by atoms with van der Waals surface area (Å²) in [5.74, 6) is -1.50. The van der Waals surface area contributed by atoms with Crippen LogP contribution in [-0.2, 0) is 14.3 Å². The summed E-state index contributed by atoms with van der Waals surface area (Å²) in [7, 11) is 0. The van der Waals surface area contributed by atoms with Crippen molar-refractivity contribution >= 4 is 23.3 Å². The van der Waals surface area contributed by atoms with Crippen LogP contribution in [0.4, 0.5) is 11.4 Å². The number of hydrogen-bond donors (Lipinski definition) is 2. The van der Waals surface area contributed by atoms with Gasteiger partial charge in [0.25, 0.3) is 5.69 Å². The molecule has 1 aromatic rings. The third kappa shape index (κ3) is 3.50. The Kier molecular flexibility index (Phi) is 4.89. The monoisotopic (exact) mass is 310 g/mol. The Morgan fingerprint density at radius 1 is 1.55 bits per heavy atom. The van der Waals surface area contributed by atoms with Crippen molar-refractivity contribution in [2.75, 3.05) is 25.1 Å². The van der Waals surface area contributed by atoms with Gasteiger partial charge in [-0.2, -0.15) is 0 Å². The second kappa shape index (κ2) is 6.85. The Morgan fingerprint density at radius 2 is 2.32 bits per heavy atom. The molecule has 0 radical (unpaired) electrons. The number of cyclic esters (lactones) is 1. The van der Waals surface area contributed by atoms with Crippen LogP contribution >= 0.6 is 0 Å². The highest BCUT2D eigenvalue weighted by molar-refractivity contribution is 5.97. The van der Waals surface area contributed by atoms with Crippen LogP contribution in [-0.4, -0.2) is 47.8 Å². The topological polar surface area (TPSA) is 128 Å². The number of nitrogens with one attached hydrogen (secondary N) is 1. The fourth-order valence-corrected chi connectivity index (χ4v) is 1.94. The molecule has 2 N–H and O–H groups in total. The Labute approximate surface area is 125 Å². The first-order valence-corrected chi connectivity index (χ1v) is 6.53. The summed E-state index contributed by atoms with van der Waals surface area (Å²) in [4.78, 5) is 33.6. The zero-order valence-electron chi connectivity index (χ0n) is 11.5. The third-order valence-electron chi connectivity index (χ3n) is 3.00. The first-order chi connectivity index (χ1) is 10.5. The van der Waals surface area contributed by atoms with E-state index in [4.69, 9.17) is 9.84 Å². The molecule has 0 bridgehead atoms. The van der Waals surface area contributed by atoms with Crippen LogP contribution in [0.3, 0.4) is 0 Å². The van der Waals surface area contributed by atoms with Gasteiger partial charge in [-0.15, -0.1) is 0 Å². The number of aliphatic hydroxyl groups excluding tert-OH is 1. The second-order valence-electron chi connectivity index (χ2n) is 4.49. The molecular weight excluding hydrogens is 296 g/mol. The number of nitrogens with zero attached hydrogens (tertiary/aromatic N) is 1. The normalized spacial score (nSPS) is 17.0. The molecule has 118 valence electrons. The predicted octanol–water partition coefficient (Wildman–Crippen LogP) is 0.471. The van der Waals surface area contributed by atoms with Crippen molar-refractivity contribution in [1.29, 1.82) is 0 Å². The summed E-state index contributed by atoms with van der Waals surface area (Å²) in [6.45, 7) is 0.144. The average Bonchev–Trinajstić information content (AvgIpc) is 2.90. The largest absolute Gasteiger partial charge is 0.463 e. The highest BCUT2D eigenvalue weighted by Crippen LogP contribution is 2.24. The molecule has 0 saturated carbocycles. The van der Waals surface area contributed by atoms with Gasteiger partial charge in [-0.05, 0) is 6.07 Å². The molecule has 0 aliphatic carbocycles. The molecule has 1 aliphatic rings. The van der Waals surface area contributed by atoms with Crippen molar-refractivity contribution in [3.05, 3.63) is 33.9 Å². The molecule has 1 atom stereocenters. The molecule has 22 heavy (non-hydrogen) atoms. The standard InChI is InChI=1S/C13H14N2O7/c16-5-4-14-10-2-1-8(15(19)20)7-9(10)12(17)22-11-3-6-21-13(11)18/h1-2,7,11,14,16H,3-6H2/t11-/m0/s1. The van der Waals surface area contributed by atoms with Crippen molar-refractivity contribution in [2.24, 2.45) is 0 Å². The minimum atomic E-state index is -1.00. The summed E-state index contributed by atoms with van der Waals surface area (Å²) in [5, 5.41) is 22.4. The Balaban J connectivity index is 2.24. The summed E-state index contributed by atoms with van der Waals surface area (Å²) >= 11 is 0. The zero-order chi connectivity index (χ0) is 16.1. The predicted molar refractivity (Wildman–Crippen MR) is 73.5 cm³/mol. The van der Waals surface area contributed by atoms with Gasteiger partial charge in [-0.25, -0.2) is 9.59 Å². The van der Waals surface area contributed by atoms with Crippen LogP contribution in [0.5, 0.6) is 0 Å². The molecule has 1 aliphatic heterocycles. The minimum absolute atomic E-state index is 0.0812. The van der Waals surface area contributed by atoms with Crippen LogP contribution in [0.25, 0.3) is 0 Å². The number of rotatable bonds is 6. The van der Waals surface area contributed by atoms with E-state index in [9.17, 15) is 19.7 Å². The maximum atomic E-state index is 12.1. The summed E-state index contributed by atoms with van der Waals surface area (Å²) in [6.07, 6.45) is -0.753. The summed E-state index contributed by atoms with van der Waals surface area (Å²) < 4.78 is 9.71. The number of carbonyl (C=O) groups excluding carboxylic acids is 2. The average molecular weight is 310 g/mol. The number of anilines is 1. The number of non-ortho nitro benzene ring substituents is 1. The highest BCUT2D eigenvalue weighted by Gasteiger charge is 2.31. The molecule has 0 unspecified atom stereocenters. The molecular formula is C13H14N2O7. The number of carbonyl (C=O) groups is 2.